The van der Waals surface area contributed by atoms with Crippen LogP contribution in [0.1, 0.15) is 30.5 Å². The van der Waals surface area contributed by atoms with Gasteiger partial charge in [-0.25, -0.2) is 4.79 Å². The first-order valence-electron chi connectivity index (χ1n) is 18.3. The Kier molecular flexibility index (Phi) is 16.6. The van der Waals surface area contributed by atoms with Gasteiger partial charge < -0.3 is 47.4 Å². The predicted octanol–water partition coefficient (Wildman–Crippen LogP) is 5.13. The zero-order chi connectivity index (χ0) is 40.6. The summed E-state index contributed by atoms with van der Waals surface area (Å²) in [5, 5.41) is 4.03. The molecule has 2 saturated heterocycles. The van der Waals surface area contributed by atoms with E-state index in [1.165, 1.54) is 13.0 Å². The number of carbonyl (C=O) groups is 3. The number of carbonyl (C=O) groups excluding carboxylic acids is 3. The van der Waals surface area contributed by atoms with E-state index < -0.39 is 79.3 Å². The van der Waals surface area contributed by atoms with Gasteiger partial charge in [0.15, 0.2) is 30.9 Å². The van der Waals surface area contributed by atoms with E-state index >= 15 is 0 Å². The van der Waals surface area contributed by atoms with Gasteiger partial charge in [0.1, 0.15) is 30.5 Å². The lowest BCUT2D eigenvalue weighted by Gasteiger charge is -2.48. The van der Waals surface area contributed by atoms with Crippen molar-refractivity contribution < 1.29 is 61.8 Å². The first-order valence-corrected chi connectivity index (χ1v) is 18.3. The summed E-state index contributed by atoms with van der Waals surface area (Å²) in [6.45, 7) is 6.18. The molecule has 5 rings (SSSR count). The van der Waals surface area contributed by atoms with Gasteiger partial charge in [0, 0.05) is 18.8 Å². The maximum atomic E-state index is 13.4. The molecule has 0 spiro atoms. The first-order chi connectivity index (χ1) is 27.7. The van der Waals surface area contributed by atoms with Gasteiger partial charge in [-0.1, -0.05) is 102 Å². The Hall–Kier alpha value is -5.16. The van der Waals surface area contributed by atoms with Gasteiger partial charge in [-0.3, -0.25) is 9.59 Å². The Morgan fingerprint density at radius 2 is 1.26 bits per heavy atom. The number of hydrogen-bond donors (Lipinski definition) is 0. The molecule has 2 aliphatic rings. The van der Waals surface area contributed by atoms with Crippen molar-refractivity contribution >= 4 is 17.9 Å². The molecule has 0 N–H and O–H groups in total. The minimum Gasteiger partial charge on any atom is -0.467 e. The lowest BCUT2D eigenvalue weighted by molar-refractivity contribution is -0.350. The Labute approximate surface area is 330 Å². The molecule has 2 aliphatic heterocycles. The van der Waals surface area contributed by atoms with Gasteiger partial charge in [-0.2, -0.15) is 0 Å². The number of rotatable bonds is 19. The van der Waals surface area contributed by atoms with E-state index in [9.17, 15) is 19.9 Å². The number of nitrogens with zero attached hydrogens (tertiary/aromatic N) is 3. The molecule has 16 nitrogen and oxygen atoms in total. The number of azide groups is 1. The van der Waals surface area contributed by atoms with Crippen LogP contribution in [0.4, 0.5) is 0 Å². The lowest BCUT2D eigenvalue weighted by Crippen LogP contribution is -2.66. The second kappa shape index (κ2) is 22.0. The fourth-order valence-corrected chi connectivity index (χ4v) is 6.47. The molecule has 0 bridgehead atoms. The van der Waals surface area contributed by atoms with Crippen LogP contribution < -0.4 is 0 Å². The van der Waals surface area contributed by atoms with Crippen molar-refractivity contribution in [3.8, 4) is 0 Å². The van der Waals surface area contributed by atoms with Crippen LogP contribution in [0.2, 0.25) is 0 Å². The van der Waals surface area contributed by atoms with E-state index in [-0.39, 0.29) is 33.0 Å². The van der Waals surface area contributed by atoms with Crippen LogP contribution in [0, 0.1) is 0 Å². The van der Waals surface area contributed by atoms with Crippen LogP contribution in [-0.2, 0) is 81.6 Å². The van der Waals surface area contributed by atoms with E-state index in [4.69, 9.17) is 47.4 Å². The molecule has 2 fully saturated rings. The van der Waals surface area contributed by atoms with E-state index in [1.54, 1.807) is 0 Å². The van der Waals surface area contributed by atoms with Crippen molar-refractivity contribution in [1.82, 2.24) is 0 Å². The highest BCUT2D eigenvalue weighted by Crippen LogP contribution is 2.36. The third-order valence-corrected chi connectivity index (χ3v) is 8.97. The molecule has 0 unspecified atom stereocenters. The van der Waals surface area contributed by atoms with Gasteiger partial charge in [-0.15, -0.1) is 6.58 Å². The Bertz CT molecular complexity index is 1780. The molecule has 0 radical (unpaired) electrons. The highest BCUT2D eigenvalue weighted by Gasteiger charge is 2.57. The molecular weight excluding hydrogens is 742 g/mol. The van der Waals surface area contributed by atoms with Crippen LogP contribution in [0.25, 0.3) is 10.4 Å². The summed E-state index contributed by atoms with van der Waals surface area (Å²) in [4.78, 5) is 41.7. The number of hydrogen-bond acceptors (Lipinski definition) is 14. The van der Waals surface area contributed by atoms with Gasteiger partial charge >= 0.3 is 17.9 Å². The fourth-order valence-electron chi connectivity index (χ4n) is 6.47. The van der Waals surface area contributed by atoms with Gasteiger partial charge in [0.2, 0.25) is 0 Å². The van der Waals surface area contributed by atoms with Crippen LogP contribution >= 0.6 is 0 Å². The third-order valence-electron chi connectivity index (χ3n) is 8.97. The standard InChI is InChI=1S/C41H47N3O13/c1-5-21-50-40-32(43-44-42)34(51-23-29-17-11-7-12-18-29)33(31(55-40)25-49-22-28-15-9-6-10-16-28)56-41-38(54-27(3)46)35(52-24-30-19-13-8-14-20-30)36(53-26(2)45)37(57-41)39(47)48-4/h5-20,31-38,40-41H,1,21-25H2,2-4H3/t31-,32-,33-,34-,35-,36-,37-,38+,40+,41-/m1/s1. The minimum atomic E-state index is -1.62. The zero-order valence-electron chi connectivity index (χ0n) is 31.9. The minimum absolute atomic E-state index is 0.0373. The number of benzene rings is 3. The monoisotopic (exact) mass is 789 g/mol. The molecule has 0 saturated carbocycles. The van der Waals surface area contributed by atoms with Gasteiger partial charge in [0.25, 0.3) is 0 Å². The van der Waals surface area contributed by atoms with Gasteiger partial charge in [0.05, 0.1) is 40.1 Å². The maximum absolute atomic E-state index is 13.4. The third kappa shape index (κ3) is 12.2. The Morgan fingerprint density at radius 1 is 0.719 bits per heavy atom. The van der Waals surface area contributed by atoms with Crippen LogP contribution in [-0.4, -0.2) is 99.6 Å². The fraction of sp³-hybridized carbons (Fsp3) is 0.439. The molecule has 304 valence electrons. The molecule has 2 heterocycles. The summed E-state index contributed by atoms with van der Waals surface area (Å²) < 4.78 is 60.9. The summed E-state index contributed by atoms with van der Waals surface area (Å²) in [5.41, 5.74) is 12.2. The summed E-state index contributed by atoms with van der Waals surface area (Å²) in [6, 6.07) is 26.6. The molecule has 3 aromatic rings. The highest BCUT2D eigenvalue weighted by molar-refractivity contribution is 5.77. The first kappa shape index (κ1) is 43.0. The SMILES string of the molecule is C=CCO[C@H]1O[C@H](COCc2ccccc2)[C@@H](O[C@@H]2O[C@@H](C(=O)OC)[C@H](OC(C)=O)[C@@H](OCc3ccccc3)[C@@H]2OC(C)=O)[C@H](OCc2ccccc2)[C@H]1N=[N+]=[N-]. The zero-order valence-corrected chi connectivity index (χ0v) is 31.9. The largest absolute Gasteiger partial charge is 0.467 e. The van der Waals surface area contributed by atoms with E-state index in [0.717, 1.165) is 30.7 Å². The van der Waals surface area contributed by atoms with Crippen molar-refractivity contribution in [3.63, 3.8) is 0 Å². The van der Waals surface area contributed by atoms with Crippen molar-refractivity contribution in [1.29, 1.82) is 0 Å². The second-order valence-electron chi connectivity index (χ2n) is 13.1. The number of esters is 3. The molecule has 0 aromatic heterocycles. The molecule has 0 aliphatic carbocycles. The number of methoxy groups -OCH3 is 1. The van der Waals surface area contributed by atoms with Crippen molar-refractivity contribution in [2.75, 3.05) is 20.3 Å². The van der Waals surface area contributed by atoms with Crippen molar-refractivity contribution in [2.24, 2.45) is 5.11 Å². The Morgan fingerprint density at radius 3 is 1.79 bits per heavy atom. The molecule has 3 aromatic carbocycles. The average Bonchev–Trinajstić information content (AvgIpc) is 3.21. The highest BCUT2D eigenvalue weighted by atomic mass is 16.8. The normalized spacial score (nSPS) is 27.0. The quantitative estimate of drug-likeness (QED) is 0.0388. The molecule has 10 atom stereocenters. The van der Waals surface area contributed by atoms with Gasteiger partial charge in [-0.05, 0) is 22.2 Å². The van der Waals surface area contributed by atoms with E-state index in [2.05, 4.69) is 16.6 Å². The van der Waals surface area contributed by atoms with Crippen molar-refractivity contribution in [2.45, 2.75) is 95.0 Å². The lowest BCUT2D eigenvalue weighted by atomic mass is 9.95. The molecular formula is C41H47N3O13. The van der Waals surface area contributed by atoms with E-state index in [1.807, 2.05) is 91.0 Å². The van der Waals surface area contributed by atoms with E-state index in [0.29, 0.717) is 0 Å². The molecule has 57 heavy (non-hydrogen) atoms. The maximum Gasteiger partial charge on any atom is 0.339 e. The smallest absolute Gasteiger partial charge is 0.339 e. The summed E-state index contributed by atoms with van der Waals surface area (Å²) in [5.74, 6) is -2.44. The predicted molar refractivity (Wildman–Crippen MR) is 201 cm³/mol. The van der Waals surface area contributed by atoms with Crippen LogP contribution in [0.3, 0.4) is 0 Å². The number of ether oxygens (including phenoxy) is 10. The average molecular weight is 790 g/mol. The topological polar surface area (TPSA) is 192 Å². The molecule has 0 amide bonds. The summed E-state index contributed by atoms with van der Waals surface area (Å²) in [6.07, 6.45) is -10.5. The second-order valence-corrected chi connectivity index (χ2v) is 13.1. The molecule has 16 heteroatoms. The Balaban J connectivity index is 1.57. The van der Waals surface area contributed by atoms with Crippen LogP contribution in [0.15, 0.2) is 109 Å². The summed E-state index contributed by atoms with van der Waals surface area (Å²) in [7, 11) is 1.14. The summed E-state index contributed by atoms with van der Waals surface area (Å²) >= 11 is 0. The van der Waals surface area contributed by atoms with Crippen LogP contribution in [0.5, 0.6) is 0 Å². The van der Waals surface area contributed by atoms with Crippen molar-refractivity contribution in [3.05, 3.63) is 131 Å².